The number of hydrogen-bond donors (Lipinski definition) is 1. The van der Waals surface area contributed by atoms with Crippen LogP contribution in [0, 0.1) is 24.1 Å². The van der Waals surface area contributed by atoms with Gasteiger partial charge in [0.05, 0.1) is 11.6 Å². The van der Waals surface area contributed by atoms with E-state index in [4.69, 9.17) is 21.1 Å². The van der Waals surface area contributed by atoms with Crippen LogP contribution in [0.15, 0.2) is 66.2 Å². The maximum atomic E-state index is 13.9. The molecule has 0 unspecified atom stereocenters. The van der Waals surface area contributed by atoms with E-state index >= 15 is 0 Å². The van der Waals surface area contributed by atoms with Crippen LogP contribution in [0.2, 0.25) is 5.02 Å². The van der Waals surface area contributed by atoms with Gasteiger partial charge in [0.25, 0.3) is 5.91 Å². The first-order chi connectivity index (χ1) is 15.9. The molecule has 0 radical (unpaired) electrons. The average molecular weight is 465 g/mol. The summed E-state index contributed by atoms with van der Waals surface area (Å²) in [4.78, 5) is 12.6. The van der Waals surface area contributed by atoms with E-state index in [0.717, 1.165) is 5.56 Å². The van der Waals surface area contributed by atoms with Crippen LogP contribution in [0.3, 0.4) is 0 Å². The van der Waals surface area contributed by atoms with Crippen molar-refractivity contribution in [1.82, 2.24) is 0 Å². The van der Waals surface area contributed by atoms with Gasteiger partial charge >= 0.3 is 0 Å². The van der Waals surface area contributed by atoms with Gasteiger partial charge in [-0.15, -0.1) is 0 Å². The number of hydrogen-bond acceptors (Lipinski definition) is 4. The third kappa shape index (κ3) is 6.34. The lowest BCUT2D eigenvalue weighted by Crippen LogP contribution is -2.13. The van der Waals surface area contributed by atoms with Gasteiger partial charge in [-0.25, -0.2) is 4.39 Å². The summed E-state index contributed by atoms with van der Waals surface area (Å²) < 4.78 is 25.3. The van der Waals surface area contributed by atoms with Gasteiger partial charge in [-0.1, -0.05) is 47.5 Å². The molecule has 168 valence electrons. The Kier molecular flexibility index (Phi) is 8.06. The summed E-state index contributed by atoms with van der Waals surface area (Å²) >= 11 is 6.42. The minimum absolute atomic E-state index is 0.0376. The highest BCUT2D eigenvalue weighted by Crippen LogP contribution is 2.38. The molecule has 0 saturated heterocycles. The Labute approximate surface area is 197 Å². The highest BCUT2D eigenvalue weighted by Gasteiger charge is 2.15. The van der Waals surface area contributed by atoms with Crippen LogP contribution in [-0.4, -0.2) is 12.5 Å². The van der Waals surface area contributed by atoms with Crippen molar-refractivity contribution in [2.45, 2.75) is 20.5 Å². The van der Waals surface area contributed by atoms with Gasteiger partial charge in [-0.3, -0.25) is 4.79 Å². The molecule has 0 aliphatic carbocycles. The fourth-order valence-electron chi connectivity index (χ4n) is 2.99. The summed E-state index contributed by atoms with van der Waals surface area (Å²) in [6.45, 7) is 4.03. The third-order valence-electron chi connectivity index (χ3n) is 4.65. The smallest absolute Gasteiger partial charge is 0.266 e. The molecule has 3 rings (SSSR count). The normalized spacial score (nSPS) is 10.9. The first-order valence-corrected chi connectivity index (χ1v) is 10.6. The first-order valence-electron chi connectivity index (χ1n) is 10.2. The molecule has 7 heteroatoms. The van der Waals surface area contributed by atoms with E-state index in [2.05, 4.69) is 5.32 Å². The molecular formula is C26H22ClFN2O3. The number of nitriles is 1. The molecule has 0 aromatic heterocycles. The lowest BCUT2D eigenvalue weighted by molar-refractivity contribution is -0.112. The van der Waals surface area contributed by atoms with Crippen LogP contribution in [0.1, 0.15) is 23.6 Å². The van der Waals surface area contributed by atoms with Crippen molar-refractivity contribution < 1.29 is 18.7 Å². The van der Waals surface area contributed by atoms with Crippen molar-refractivity contribution >= 4 is 29.3 Å². The topological polar surface area (TPSA) is 71.3 Å². The summed E-state index contributed by atoms with van der Waals surface area (Å²) in [5.74, 6) is -0.356. The van der Waals surface area contributed by atoms with Crippen molar-refractivity contribution in [1.29, 1.82) is 5.26 Å². The Morgan fingerprint density at radius 3 is 2.55 bits per heavy atom. The van der Waals surface area contributed by atoms with Gasteiger partial charge in [0, 0.05) is 11.3 Å². The van der Waals surface area contributed by atoms with Crippen molar-refractivity contribution in [2.75, 3.05) is 11.9 Å². The summed E-state index contributed by atoms with van der Waals surface area (Å²) in [7, 11) is 0. The predicted molar refractivity (Wildman–Crippen MR) is 127 cm³/mol. The van der Waals surface area contributed by atoms with Crippen LogP contribution in [0.4, 0.5) is 10.1 Å². The number of nitrogens with zero attached hydrogens (tertiary/aromatic N) is 1. The fraction of sp³-hybridized carbons (Fsp3) is 0.154. The van der Waals surface area contributed by atoms with Gasteiger partial charge < -0.3 is 14.8 Å². The van der Waals surface area contributed by atoms with E-state index in [-0.39, 0.29) is 28.8 Å². The number of aryl methyl sites for hydroxylation is 1. The summed E-state index contributed by atoms with van der Waals surface area (Å²) in [5.41, 5.74) is 2.39. The molecule has 0 atom stereocenters. The van der Waals surface area contributed by atoms with E-state index in [9.17, 15) is 14.4 Å². The molecule has 3 aromatic rings. The van der Waals surface area contributed by atoms with Gasteiger partial charge in [0.1, 0.15) is 24.1 Å². The first kappa shape index (κ1) is 23.8. The highest BCUT2D eigenvalue weighted by molar-refractivity contribution is 6.32. The molecule has 0 fully saturated rings. The Hall–Kier alpha value is -3.82. The largest absolute Gasteiger partial charge is 0.490 e. The van der Waals surface area contributed by atoms with E-state index in [1.54, 1.807) is 49.4 Å². The Morgan fingerprint density at radius 1 is 1.15 bits per heavy atom. The average Bonchev–Trinajstić information content (AvgIpc) is 2.79. The number of nitrogens with one attached hydrogen (secondary N) is 1. The highest BCUT2D eigenvalue weighted by atomic mass is 35.5. The minimum atomic E-state index is -0.546. The number of carbonyl (C=O) groups excluding carboxylic acids is 1. The van der Waals surface area contributed by atoms with Gasteiger partial charge in [0.15, 0.2) is 11.5 Å². The molecule has 0 heterocycles. The van der Waals surface area contributed by atoms with Crippen LogP contribution in [0.5, 0.6) is 11.5 Å². The number of benzene rings is 3. The van der Waals surface area contributed by atoms with Crippen molar-refractivity contribution in [3.63, 3.8) is 0 Å². The predicted octanol–water partition coefficient (Wildman–Crippen LogP) is 6.31. The number of anilines is 1. The zero-order valence-electron chi connectivity index (χ0n) is 18.2. The zero-order chi connectivity index (χ0) is 23.8. The van der Waals surface area contributed by atoms with Gasteiger partial charge in [-0.2, -0.15) is 5.26 Å². The molecule has 5 nitrogen and oxygen atoms in total. The monoisotopic (exact) mass is 464 g/mol. The lowest BCUT2D eigenvalue weighted by atomic mass is 10.1. The van der Waals surface area contributed by atoms with Crippen LogP contribution < -0.4 is 14.8 Å². The Bertz CT molecular complexity index is 1220. The standard InChI is InChI=1S/C26H22ClFN2O3/c1-3-32-24-14-18(12-20(15-29)26(31)30-21-10-8-17(2)9-11-21)13-22(27)25(24)33-16-19-6-4-5-7-23(19)28/h4-14H,3,16H2,1-2H3,(H,30,31)/b20-12+. The summed E-state index contributed by atoms with van der Waals surface area (Å²) in [5, 5.41) is 12.4. The molecule has 0 bridgehead atoms. The SMILES string of the molecule is CCOc1cc(/C=C(\C#N)C(=O)Nc2ccc(C)cc2)cc(Cl)c1OCc1ccccc1F. The number of amides is 1. The number of rotatable bonds is 8. The number of halogens is 2. The van der Waals surface area contributed by atoms with Gasteiger partial charge in [-0.05, 0) is 55.8 Å². The maximum Gasteiger partial charge on any atom is 0.266 e. The number of carbonyl (C=O) groups is 1. The third-order valence-corrected chi connectivity index (χ3v) is 4.93. The van der Waals surface area contributed by atoms with Crippen LogP contribution in [0.25, 0.3) is 6.08 Å². The van der Waals surface area contributed by atoms with Crippen molar-refractivity contribution in [3.8, 4) is 17.6 Å². The number of ether oxygens (including phenoxy) is 2. The lowest BCUT2D eigenvalue weighted by Gasteiger charge is -2.15. The molecule has 0 aliphatic heterocycles. The second-order valence-electron chi connectivity index (χ2n) is 7.13. The Balaban J connectivity index is 1.85. The minimum Gasteiger partial charge on any atom is -0.490 e. The maximum absolute atomic E-state index is 13.9. The van der Waals surface area contributed by atoms with Crippen LogP contribution in [-0.2, 0) is 11.4 Å². The molecule has 3 aromatic carbocycles. The van der Waals surface area contributed by atoms with Gasteiger partial charge in [0.2, 0.25) is 0 Å². The molecular weight excluding hydrogens is 443 g/mol. The molecule has 0 saturated carbocycles. The van der Waals surface area contributed by atoms with Crippen molar-refractivity contribution in [3.05, 3.63) is 93.8 Å². The molecule has 1 N–H and O–H groups in total. The Morgan fingerprint density at radius 2 is 1.88 bits per heavy atom. The van der Waals surface area contributed by atoms with E-state index < -0.39 is 5.91 Å². The zero-order valence-corrected chi connectivity index (χ0v) is 18.9. The second-order valence-corrected chi connectivity index (χ2v) is 7.54. The summed E-state index contributed by atoms with van der Waals surface area (Å²) in [6.07, 6.45) is 1.42. The molecule has 0 aliphatic rings. The molecule has 33 heavy (non-hydrogen) atoms. The second kappa shape index (κ2) is 11.2. The molecule has 1 amide bonds. The fourth-order valence-corrected chi connectivity index (χ4v) is 3.26. The van der Waals surface area contributed by atoms with Crippen LogP contribution >= 0.6 is 11.6 Å². The van der Waals surface area contributed by atoms with Crippen molar-refractivity contribution in [2.24, 2.45) is 0 Å². The van der Waals surface area contributed by atoms with E-state index in [1.165, 1.54) is 12.1 Å². The quantitative estimate of drug-likeness (QED) is 0.313. The summed E-state index contributed by atoms with van der Waals surface area (Å²) in [6, 6.07) is 18.6. The molecule has 0 spiro atoms. The van der Waals surface area contributed by atoms with E-state index in [0.29, 0.717) is 29.2 Å². The van der Waals surface area contributed by atoms with E-state index in [1.807, 2.05) is 25.1 Å².